The number of rotatable bonds is 7. The van der Waals surface area contributed by atoms with E-state index in [-0.39, 0.29) is 18.0 Å². The first-order chi connectivity index (χ1) is 21.3. The highest BCUT2D eigenvalue weighted by molar-refractivity contribution is 5.82. The summed E-state index contributed by atoms with van der Waals surface area (Å²) in [5, 5.41) is 25.5. The monoisotopic (exact) mass is 612 g/mol. The van der Waals surface area contributed by atoms with Crippen LogP contribution in [0.4, 0.5) is 10.6 Å². The number of carbonyl (C=O) groups is 2. The molecule has 0 unspecified atom stereocenters. The fraction of sp³-hybridized carbons (Fsp3) is 0.469. The van der Waals surface area contributed by atoms with Gasteiger partial charge in [-0.1, -0.05) is 20.8 Å². The number of nitriles is 1. The smallest absolute Gasteiger partial charge is 0.410 e. The fourth-order valence-electron chi connectivity index (χ4n) is 5.02. The third-order valence-corrected chi connectivity index (χ3v) is 7.45. The summed E-state index contributed by atoms with van der Waals surface area (Å²) in [6, 6.07) is 7.62. The number of fused-ring (bicyclic) bond motifs is 1. The number of aromatic nitrogens is 6. The molecular formula is C32H40N10O3. The third kappa shape index (κ3) is 7.39. The zero-order valence-electron chi connectivity index (χ0n) is 26.7. The Kier molecular flexibility index (Phi) is 8.77. The van der Waals surface area contributed by atoms with Crippen LogP contribution in [-0.4, -0.2) is 78.2 Å². The van der Waals surface area contributed by atoms with Gasteiger partial charge in [0.05, 0.1) is 35.6 Å². The van der Waals surface area contributed by atoms with Crippen molar-refractivity contribution >= 4 is 28.7 Å². The molecule has 45 heavy (non-hydrogen) atoms. The van der Waals surface area contributed by atoms with E-state index >= 15 is 0 Å². The minimum atomic E-state index is -0.530. The van der Waals surface area contributed by atoms with E-state index in [1.165, 1.54) is 0 Å². The number of likely N-dealkylation sites (tertiary alicyclic amines) is 1. The molecule has 1 aromatic carbocycles. The van der Waals surface area contributed by atoms with Crippen LogP contribution in [0, 0.1) is 16.7 Å². The van der Waals surface area contributed by atoms with Crippen LogP contribution in [0.25, 0.3) is 28.0 Å². The predicted molar refractivity (Wildman–Crippen MR) is 170 cm³/mol. The Morgan fingerprint density at radius 3 is 2.49 bits per heavy atom. The molecule has 13 heteroatoms. The van der Waals surface area contributed by atoms with Gasteiger partial charge in [-0.25, -0.2) is 9.78 Å². The summed E-state index contributed by atoms with van der Waals surface area (Å²) in [7, 11) is 0. The maximum atomic E-state index is 12.5. The molecule has 0 saturated carbocycles. The number of benzene rings is 1. The molecule has 4 heterocycles. The maximum Gasteiger partial charge on any atom is 0.410 e. The lowest BCUT2D eigenvalue weighted by atomic mass is 9.96. The number of hydrogen-bond acceptors (Lipinski definition) is 9. The quantitative estimate of drug-likeness (QED) is 0.283. The van der Waals surface area contributed by atoms with Gasteiger partial charge in [-0.3, -0.25) is 9.48 Å². The Balaban J connectivity index is 1.36. The van der Waals surface area contributed by atoms with Gasteiger partial charge in [0, 0.05) is 60.5 Å². The molecular weight excluding hydrogens is 572 g/mol. The summed E-state index contributed by atoms with van der Waals surface area (Å²) in [5.74, 6) is 0.898. The Morgan fingerprint density at radius 1 is 1.04 bits per heavy atom. The van der Waals surface area contributed by atoms with Gasteiger partial charge in [0.25, 0.3) is 5.95 Å². The highest BCUT2D eigenvalue weighted by Crippen LogP contribution is 2.30. The Hall–Kier alpha value is -4.99. The number of anilines is 1. The average molecular weight is 613 g/mol. The van der Waals surface area contributed by atoms with Gasteiger partial charge in [0.1, 0.15) is 11.4 Å². The molecule has 0 aliphatic carbocycles. The molecule has 1 saturated heterocycles. The average Bonchev–Trinajstić information content (AvgIpc) is 3.65. The van der Waals surface area contributed by atoms with Crippen molar-refractivity contribution in [2.75, 3.05) is 31.5 Å². The first-order valence-corrected chi connectivity index (χ1v) is 15.1. The van der Waals surface area contributed by atoms with Crippen molar-refractivity contribution in [3.63, 3.8) is 0 Å². The van der Waals surface area contributed by atoms with E-state index in [0.29, 0.717) is 43.5 Å². The van der Waals surface area contributed by atoms with E-state index in [4.69, 9.17) is 9.72 Å². The summed E-state index contributed by atoms with van der Waals surface area (Å²) < 4.78 is 9.11. The highest BCUT2D eigenvalue weighted by Gasteiger charge is 2.28. The summed E-state index contributed by atoms with van der Waals surface area (Å²) in [5.41, 5.74) is 1.89. The van der Waals surface area contributed by atoms with Crippen molar-refractivity contribution in [1.82, 2.24) is 39.7 Å². The Labute approximate surface area is 262 Å². The Morgan fingerprint density at radius 2 is 1.80 bits per heavy atom. The molecule has 5 rings (SSSR count). The van der Waals surface area contributed by atoms with Gasteiger partial charge in [-0.2, -0.15) is 25.1 Å². The molecule has 0 bridgehead atoms. The lowest BCUT2D eigenvalue weighted by molar-refractivity contribution is -0.128. The molecule has 4 aromatic rings. The second kappa shape index (κ2) is 12.6. The summed E-state index contributed by atoms with van der Waals surface area (Å²) in [6.07, 6.45) is 8.42. The minimum Gasteiger partial charge on any atom is -0.444 e. The van der Waals surface area contributed by atoms with Crippen molar-refractivity contribution in [2.45, 2.75) is 66.0 Å². The number of hydrogen-bond donors (Lipinski definition) is 2. The number of nitrogens with one attached hydrogen (secondary N) is 2. The summed E-state index contributed by atoms with van der Waals surface area (Å²) in [4.78, 5) is 36.1. The number of amides is 2. The molecule has 3 aromatic heterocycles. The molecule has 0 spiro atoms. The molecule has 0 radical (unpaired) electrons. The van der Waals surface area contributed by atoms with E-state index in [1.807, 2.05) is 58.5 Å². The van der Waals surface area contributed by atoms with E-state index in [1.54, 1.807) is 40.3 Å². The molecule has 0 atom stereocenters. The molecule has 1 aliphatic heterocycles. The van der Waals surface area contributed by atoms with Crippen LogP contribution in [0.5, 0.6) is 0 Å². The number of ether oxygens (including phenoxy) is 1. The van der Waals surface area contributed by atoms with Crippen LogP contribution >= 0.6 is 0 Å². The van der Waals surface area contributed by atoms with Gasteiger partial charge >= 0.3 is 6.09 Å². The number of piperidine rings is 1. The van der Waals surface area contributed by atoms with Crippen LogP contribution < -0.4 is 10.6 Å². The van der Waals surface area contributed by atoms with E-state index in [0.717, 1.165) is 34.9 Å². The standard InChI is InChI=1S/C32H40N10O3/c1-31(2,3)28(43)35-12-11-34-27-25(19-36-29(39-27)42-26-8-7-21(16-33)15-22(26)17-38-42)23-18-37-41(20-23)24-9-13-40(14-10-24)30(44)45-32(4,5)6/h7-8,15,17-20,24H,9-14H2,1-6H3,(H,35,43)(H,34,36,39). The number of carbonyl (C=O) groups excluding carboxylic acids is 2. The van der Waals surface area contributed by atoms with E-state index in [9.17, 15) is 14.9 Å². The largest absolute Gasteiger partial charge is 0.444 e. The van der Waals surface area contributed by atoms with Crippen molar-refractivity contribution in [2.24, 2.45) is 5.41 Å². The second-order valence-electron chi connectivity index (χ2n) is 13.2. The third-order valence-electron chi connectivity index (χ3n) is 7.45. The zero-order valence-corrected chi connectivity index (χ0v) is 26.7. The SMILES string of the molecule is CC(C)(C)OC(=O)N1CCC(n2cc(-c3cnc(-n4ncc5cc(C#N)ccc54)nc3NCCNC(=O)C(C)(C)C)cn2)CC1. The van der Waals surface area contributed by atoms with Gasteiger partial charge in [0.2, 0.25) is 5.91 Å². The van der Waals surface area contributed by atoms with Gasteiger partial charge < -0.3 is 20.3 Å². The topological polar surface area (TPSA) is 156 Å². The predicted octanol–water partition coefficient (Wildman–Crippen LogP) is 4.70. The molecule has 13 nitrogen and oxygen atoms in total. The van der Waals surface area contributed by atoms with Crippen LogP contribution in [0.1, 0.15) is 66.0 Å². The number of nitrogens with zero attached hydrogens (tertiary/aromatic N) is 8. The highest BCUT2D eigenvalue weighted by atomic mass is 16.6. The first-order valence-electron chi connectivity index (χ1n) is 15.1. The minimum absolute atomic E-state index is 0.0355. The maximum absolute atomic E-state index is 12.5. The molecule has 2 N–H and O–H groups in total. The van der Waals surface area contributed by atoms with Crippen LogP contribution in [-0.2, 0) is 9.53 Å². The second-order valence-corrected chi connectivity index (χ2v) is 13.2. The summed E-state index contributed by atoms with van der Waals surface area (Å²) in [6.45, 7) is 13.2. The van der Waals surface area contributed by atoms with Crippen molar-refractivity contribution in [3.8, 4) is 23.1 Å². The van der Waals surface area contributed by atoms with Crippen molar-refractivity contribution < 1.29 is 14.3 Å². The molecule has 236 valence electrons. The van der Waals surface area contributed by atoms with E-state index in [2.05, 4.69) is 31.9 Å². The van der Waals surface area contributed by atoms with Crippen molar-refractivity contribution in [3.05, 3.63) is 48.5 Å². The zero-order chi connectivity index (χ0) is 32.4. The van der Waals surface area contributed by atoms with Gasteiger partial charge in [-0.15, -0.1) is 0 Å². The molecule has 1 aliphatic rings. The lowest BCUT2D eigenvalue weighted by Crippen LogP contribution is -2.42. The lowest BCUT2D eigenvalue weighted by Gasteiger charge is -2.33. The normalized spacial score (nSPS) is 14.3. The van der Waals surface area contributed by atoms with Crippen molar-refractivity contribution in [1.29, 1.82) is 5.26 Å². The molecule has 1 fully saturated rings. The summed E-state index contributed by atoms with van der Waals surface area (Å²) >= 11 is 0. The van der Waals surface area contributed by atoms with Crippen LogP contribution in [0.3, 0.4) is 0 Å². The van der Waals surface area contributed by atoms with Crippen LogP contribution in [0.15, 0.2) is 43.0 Å². The van der Waals surface area contributed by atoms with Crippen LogP contribution in [0.2, 0.25) is 0 Å². The fourth-order valence-corrected chi connectivity index (χ4v) is 5.02. The Bertz CT molecular complexity index is 1730. The van der Waals surface area contributed by atoms with Gasteiger partial charge in [0.15, 0.2) is 0 Å². The van der Waals surface area contributed by atoms with E-state index < -0.39 is 11.0 Å². The molecule has 2 amide bonds. The van der Waals surface area contributed by atoms with Gasteiger partial charge in [-0.05, 0) is 51.8 Å². The first kappa shape index (κ1) is 31.4.